The molecular formula is C11H16BrN3. The Kier molecular flexibility index (Phi) is 3.72. The molecule has 2 heterocycles. The molecule has 1 N–H and O–H groups in total. The van der Waals surface area contributed by atoms with Crippen molar-refractivity contribution in [2.75, 3.05) is 26.2 Å². The van der Waals surface area contributed by atoms with Crippen LogP contribution in [0, 0.1) is 0 Å². The fraction of sp³-hybridized carbons (Fsp3) is 0.545. The molecule has 0 amide bonds. The van der Waals surface area contributed by atoms with Gasteiger partial charge in [-0.3, -0.25) is 4.90 Å². The van der Waals surface area contributed by atoms with Gasteiger partial charge in [-0.2, -0.15) is 0 Å². The smallest absolute Gasteiger partial charge is 0.110 e. The van der Waals surface area contributed by atoms with E-state index in [2.05, 4.69) is 44.1 Å². The molecule has 0 spiro atoms. The monoisotopic (exact) mass is 269 g/mol. The minimum Gasteiger partial charge on any atom is -0.314 e. The normalized spacial score (nSPS) is 20.1. The van der Waals surface area contributed by atoms with Gasteiger partial charge in [-0.1, -0.05) is 6.07 Å². The van der Waals surface area contributed by atoms with Crippen molar-refractivity contribution in [3.05, 3.63) is 28.5 Å². The lowest BCUT2D eigenvalue weighted by atomic mass is 10.1. The largest absolute Gasteiger partial charge is 0.314 e. The second-order valence-electron chi connectivity index (χ2n) is 3.85. The fourth-order valence-corrected chi connectivity index (χ4v) is 2.56. The highest BCUT2D eigenvalue weighted by Crippen LogP contribution is 2.25. The van der Waals surface area contributed by atoms with E-state index in [1.165, 1.54) is 5.56 Å². The van der Waals surface area contributed by atoms with E-state index in [1.54, 1.807) is 0 Å². The second-order valence-corrected chi connectivity index (χ2v) is 4.60. The van der Waals surface area contributed by atoms with E-state index in [-0.39, 0.29) is 0 Å². The van der Waals surface area contributed by atoms with Crippen LogP contribution in [0.4, 0.5) is 0 Å². The Morgan fingerprint density at radius 1 is 1.47 bits per heavy atom. The van der Waals surface area contributed by atoms with Crippen LogP contribution >= 0.6 is 15.9 Å². The molecule has 0 aromatic carbocycles. The van der Waals surface area contributed by atoms with Crippen LogP contribution in [0.5, 0.6) is 0 Å². The van der Waals surface area contributed by atoms with Crippen molar-refractivity contribution >= 4 is 15.9 Å². The van der Waals surface area contributed by atoms with Gasteiger partial charge in [0.15, 0.2) is 0 Å². The Bertz CT molecular complexity index is 323. The zero-order valence-electron chi connectivity index (χ0n) is 8.91. The van der Waals surface area contributed by atoms with Crippen LogP contribution in [-0.4, -0.2) is 36.1 Å². The van der Waals surface area contributed by atoms with E-state index in [9.17, 15) is 0 Å². The summed E-state index contributed by atoms with van der Waals surface area (Å²) in [5.74, 6) is 0. The van der Waals surface area contributed by atoms with Gasteiger partial charge in [-0.25, -0.2) is 4.98 Å². The zero-order valence-corrected chi connectivity index (χ0v) is 10.5. The number of hydrogen-bond donors (Lipinski definition) is 1. The third kappa shape index (κ3) is 2.56. The van der Waals surface area contributed by atoms with Crippen molar-refractivity contribution in [1.29, 1.82) is 0 Å². The lowest BCUT2D eigenvalue weighted by Crippen LogP contribution is -2.44. The van der Waals surface area contributed by atoms with E-state index in [0.717, 1.165) is 30.8 Å². The molecule has 1 fully saturated rings. The van der Waals surface area contributed by atoms with Crippen molar-refractivity contribution in [1.82, 2.24) is 15.2 Å². The van der Waals surface area contributed by atoms with Crippen molar-refractivity contribution < 1.29 is 0 Å². The molecule has 15 heavy (non-hydrogen) atoms. The standard InChI is InChI=1S/C11H16BrN3/c1-9(15-7-5-13-6-8-15)10-3-2-4-14-11(10)12/h2-4,9,13H,5-8H2,1H3/t9-/m0/s1. The first kappa shape index (κ1) is 11.0. The van der Waals surface area contributed by atoms with E-state index < -0.39 is 0 Å². The highest BCUT2D eigenvalue weighted by molar-refractivity contribution is 9.10. The van der Waals surface area contributed by atoms with E-state index in [0.29, 0.717) is 6.04 Å². The molecule has 1 aromatic heterocycles. The molecule has 4 heteroatoms. The molecule has 1 aromatic rings. The summed E-state index contributed by atoms with van der Waals surface area (Å²) in [4.78, 5) is 6.75. The van der Waals surface area contributed by atoms with Crippen LogP contribution in [0.2, 0.25) is 0 Å². The van der Waals surface area contributed by atoms with Gasteiger partial charge in [0.2, 0.25) is 0 Å². The van der Waals surface area contributed by atoms with Gasteiger partial charge in [0.1, 0.15) is 4.60 Å². The SMILES string of the molecule is C[C@@H](c1cccnc1Br)N1CCNCC1. The van der Waals surface area contributed by atoms with Crippen molar-refractivity contribution in [2.45, 2.75) is 13.0 Å². The summed E-state index contributed by atoms with van der Waals surface area (Å²) >= 11 is 3.51. The first-order valence-electron chi connectivity index (χ1n) is 5.34. The molecule has 0 aliphatic carbocycles. The number of nitrogens with zero attached hydrogens (tertiary/aromatic N) is 2. The minimum absolute atomic E-state index is 0.440. The van der Waals surface area contributed by atoms with E-state index in [4.69, 9.17) is 0 Å². The molecule has 1 saturated heterocycles. The van der Waals surface area contributed by atoms with E-state index >= 15 is 0 Å². The van der Waals surface area contributed by atoms with Crippen LogP contribution in [0.3, 0.4) is 0 Å². The predicted molar refractivity (Wildman–Crippen MR) is 64.8 cm³/mol. The van der Waals surface area contributed by atoms with Crippen molar-refractivity contribution in [3.63, 3.8) is 0 Å². The fourth-order valence-electron chi connectivity index (χ4n) is 1.98. The number of nitrogens with one attached hydrogen (secondary N) is 1. The maximum atomic E-state index is 4.27. The third-order valence-electron chi connectivity index (χ3n) is 2.94. The van der Waals surface area contributed by atoms with Gasteiger partial charge in [0.25, 0.3) is 0 Å². The lowest BCUT2D eigenvalue weighted by molar-refractivity contribution is 0.185. The van der Waals surface area contributed by atoms with Crippen molar-refractivity contribution in [2.24, 2.45) is 0 Å². The van der Waals surface area contributed by atoms with Crippen LogP contribution in [0.1, 0.15) is 18.5 Å². The third-order valence-corrected chi connectivity index (χ3v) is 3.60. The number of rotatable bonds is 2. The Morgan fingerprint density at radius 3 is 2.87 bits per heavy atom. The topological polar surface area (TPSA) is 28.2 Å². The summed E-state index contributed by atoms with van der Waals surface area (Å²) in [5, 5.41) is 3.37. The van der Waals surface area contributed by atoms with Crippen LogP contribution < -0.4 is 5.32 Å². The molecule has 0 saturated carbocycles. The van der Waals surface area contributed by atoms with E-state index in [1.807, 2.05) is 12.3 Å². The minimum atomic E-state index is 0.440. The first-order valence-corrected chi connectivity index (χ1v) is 6.13. The molecule has 0 bridgehead atoms. The molecular weight excluding hydrogens is 254 g/mol. The van der Waals surface area contributed by atoms with Gasteiger partial charge >= 0.3 is 0 Å². The molecule has 0 unspecified atom stereocenters. The maximum absolute atomic E-state index is 4.27. The highest BCUT2D eigenvalue weighted by Gasteiger charge is 2.19. The molecule has 0 radical (unpaired) electrons. The molecule has 3 nitrogen and oxygen atoms in total. The molecule has 1 aliphatic rings. The molecule has 82 valence electrons. The quantitative estimate of drug-likeness (QED) is 0.831. The summed E-state index contributed by atoms with van der Waals surface area (Å²) in [6.45, 7) is 6.64. The number of hydrogen-bond acceptors (Lipinski definition) is 3. The molecule has 1 atom stereocenters. The first-order chi connectivity index (χ1) is 7.29. The summed E-state index contributed by atoms with van der Waals surface area (Å²) in [6.07, 6.45) is 1.82. The molecule has 2 rings (SSSR count). The van der Waals surface area contributed by atoms with Gasteiger partial charge in [-0.05, 0) is 28.9 Å². The average molecular weight is 270 g/mol. The molecule has 1 aliphatic heterocycles. The second kappa shape index (κ2) is 5.05. The number of pyridine rings is 1. The lowest BCUT2D eigenvalue weighted by Gasteiger charge is -2.33. The number of halogens is 1. The van der Waals surface area contributed by atoms with Gasteiger partial charge in [-0.15, -0.1) is 0 Å². The summed E-state index contributed by atoms with van der Waals surface area (Å²) in [5.41, 5.74) is 1.28. The Labute approximate surface area is 99.0 Å². The summed E-state index contributed by atoms with van der Waals surface area (Å²) < 4.78 is 0.969. The zero-order chi connectivity index (χ0) is 10.7. The predicted octanol–water partition coefficient (Wildman–Crippen LogP) is 1.81. The van der Waals surface area contributed by atoms with Crippen LogP contribution in [-0.2, 0) is 0 Å². The van der Waals surface area contributed by atoms with Crippen molar-refractivity contribution in [3.8, 4) is 0 Å². The maximum Gasteiger partial charge on any atom is 0.110 e. The summed E-state index contributed by atoms with van der Waals surface area (Å²) in [7, 11) is 0. The van der Waals surface area contributed by atoms with Crippen LogP contribution in [0.15, 0.2) is 22.9 Å². The number of aromatic nitrogens is 1. The Balaban J connectivity index is 2.12. The van der Waals surface area contributed by atoms with Crippen LogP contribution in [0.25, 0.3) is 0 Å². The summed E-state index contributed by atoms with van der Waals surface area (Å²) in [6, 6.07) is 4.58. The van der Waals surface area contributed by atoms with Gasteiger partial charge < -0.3 is 5.32 Å². The van der Waals surface area contributed by atoms with Gasteiger partial charge in [0, 0.05) is 44.0 Å². The van der Waals surface area contributed by atoms with Gasteiger partial charge in [0.05, 0.1) is 0 Å². The number of piperazine rings is 1. The Morgan fingerprint density at radius 2 is 2.20 bits per heavy atom. The average Bonchev–Trinajstić information content (AvgIpc) is 2.30. The Hall–Kier alpha value is -0.450. The highest BCUT2D eigenvalue weighted by atomic mass is 79.9.